The first kappa shape index (κ1) is 24.3. The van der Waals surface area contributed by atoms with Gasteiger partial charge in [0.15, 0.2) is 0 Å². The van der Waals surface area contributed by atoms with Crippen LogP contribution in [0.3, 0.4) is 0 Å². The smallest absolute Gasteiger partial charge is 0.144 e. The molecule has 3 aromatic rings. The molecule has 3 aromatic carbocycles. The largest absolute Gasteiger partial charge is 0.497 e. The highest BCUT2D eigenvalue weighted by molar-refractivity contribution is 5.49. The number of nitriles is 1. The molecule has 0 bridgehead atoms. The third-order valence-corrected chi connectivity index (χ3v) is 5.49. The topological polar surface area (TPSA) is 60.7 Å². The number of ether oxygens (including phenoxy) is 4. The van der Waals surface area contributed by atoms with Crippen molar-refractivity contribution in [2.45, 2.75) is 24.5 Å². The number of hydrogen-bond donors (Lipinski definition) is 0. The van der Waals surface area contributed by atoms with Gasteiger partial charge in [0.05, 0.1) is 20.3 Å². The van der Waals surface area contributed by atoms with Crippen molar-refractivity contribution in [1.29, 1.82) is 5.26 Å². The number of unbranched alkanes of at least 4 members (excludes halogenated alkanes) is 1. The van der Waals surface area contributed by atoms with E-state index in [9.17, 15) is 0 Å². The van der Waals surface area contributed by atoms with Crippen molar-refractivity contribution in [3.8, 4) is 17.6 Å². The van der Waals surface area contributed by atoms with E-state index in [4.69, 9.17) is 24.2 Å². The zero-order valence-electron chi connectivity index (χ0n) is 19.2. The second-order valence-electron chi connectivity index (χ2n) is 7.55. The molecule has 33 heavy (non-hydrogen) atoms. The Kier molecular flexibility index (Phi) is 8.88. The van der Waals surface area contributed by atoms with Crippen LogP contribution < -0.4 is 9.47 Å². The number of methoxy groups -OCH3 is 2. The van der Waals surface area contributed by atoms with Crippen LogP contribution in [-0.4, -0.2) is 33.5 Å². The van der Waals surface area contributed by atoms with Crippen molar-refractivity contribution in [1.82, 2.24) is 0 Å². The van der Waals surface area contributed by atoms with Crippen molar-refractivity contribution in [2.24, 2.45) is 0 Å². The number of benzene rings is 3. The Morgan fingerprint density at radius 1 is 0.758 bits per heavy atom. The van der Waals surface area contributed by atoms with Crippen LogP contribution in [0.1, 0.15) is 29.5 Å². The fourth-order valence-corrected chi connectivity index (χ4v) is 3.77. The SMILES string of the molecule is [CH2]C(C#N)OCCCCOC(c1ccccc1)(c1ccc(OC)cc1)c1ccc(OC)cc1. The van der Waals surface area contributed by atoms with Crippen LogP contribution in [-0.2, 0) is 15.1 Å². The third kappa shape index (κ3) is 5.92. The van der Waals surface area contributed by atoms with E-state index < -0.39 is 11.7 Å². The summed E-state index contributed by atoms with van der Waals surface area (Å²) in [5.74, 6) is 1.57. The molecule has 1 radical (unpaired) electrons. The van der Waals surface area contributed by atoms with E-state index in [1.165, 1.54) is 0 Å². The van der Waals surface area contributed by atoms with Gasteiger partial charge in [0.2, 0.25) is 0 Å². The molecule has 0 aliphatic carbocycles. The standard InChI is InChI=1S/C28H30NO4/c1-22(21-29)32-19-7-8-20-33-28(23-9-5-4-6-10-23,24-11-15-26(30-2)16-12-24)25-13-17-27(31-3)18-14-25/h4-6,9-18,22H,1,7-8,19-20H2,2-3H3. The molecule has 0 aromatic heterocycles. The molecule has 3 rings (SSSR count). The maximum atomic E-state index is 8.82. The van der Waals surface area contributed by atoms with Gasteiger partial charge in [-0.3, -0.25) is 0 Å². The average Bonchev–Trinajstić information content (AvgIpc) is 2.89. The van der Waals surface area contributed by atoms with E-state index in [-0.39, 0.29) is 0 Å². The van der Waals surface area contributed by atoms with Gasteiger partial charge in [0, 0.05) is 13.2 Å². The summed E-state index contributed by atoms with van der Waals surface area (Å²) in [6.45, 7) is 4.60. The Balaban J connectivity index is 1.97. The van der Waals surface area contributed by atoms with E-state index >= 15 is 0 Å². The van der Waals surface area contributed by atoms with Gasteiger partial charge in [-0.2, -0.15) is 5.26 Å². The van der Waals surface area contributed by atoms with Gasteiger partial charge in [-0.05, 0) is 60.7 Å². The fourth-order valence-electron chi connectivity index (χ4n) is 3.77. The third-order valence-electron chi connectivity index (χ3n) is 5.49. The van der Waals surface area contributed by atoms with Crippen molar-refractivity contribution in [3.05, 3.63) is 102 Å². The molecule has 0 N–H and O–H groups in total. The van der Waals surface area contributed by atoms with Crippen LogP contribution in [0.4, 0.5) is 0 Å². The fraction of sp³-hybridized carbons (Fsp3) is 0.286. The maximum Gasteiger partial charge on any atom is 0.144 e. The molecule has 1 atom stereocenters. The lowest BCUT2D eigenvalue weighted by Crippen LogP contribution is -2.33. The minimum Gasteiger partial charge on any atom is -0.497 e. The minimum atomic E-state index is -0.817. The van der Waals surface area contributed by atoms with Gasteiger partial charge in [-0.25, -0.2) is 0 Å². The number of nitrogens with zero attached hydrogens (tertiary/aromatic N) is 1. The quantitative estimate of drug-likeness (QED) is 0.271. The molecule has 5 heteroatoms. The van der Waals surface area contributed by atoms with Crippen molar-refractivity contribution < 1.29 is 18.9 Å². The molecule has 0 aliphatic rings. The van der Waals surface area contributed by atoms with Crippen LogP contribution in [0.2, 0.25) is 0 Å². The first-order valence-corrected chi connectivity index (χ1v) is 11.0. The van der Waals surface area contributed by atoms with E-state index in [0.29, 0.717) is 13.2 Å². The van der Waals surface area contributed by atoms with Gasteiger partial charge in [0.1, 0.15) is 23.2 Å². The molecule has 0 aliphatic heterocycles. The molecule has 0 fully saturated rings. The lowest BCUT2D eigenvalue weighted by molar-refractivity contribution is 0.00682. The first-order valence-electron chi connectivity index (χ1n) is 11.0. The Morgan fingerprint density at radius 3 is 1.73 bits per heavy atom. The highest BCUT2D eigenvalue weighted by Gasteiger charge is 2.37. The monoisotopic (exact) mass is 444 g/mol. The molecule has 0 amide bonds. The van der Waals surface area contributed by atoms with Crippen LogP contribution in [0.5, 0.6) is 11.5 Å². The highest BCUT2D eigenvalue weighted by atomic mass is 16.5. The molecule has 0 saturated carbocycles. The Morgan fingerprint density at radius 2 is 1.24 bits per heavy atom. The number of hydrogen-bond acceptors (Lipinski definition) is 5. The van der Waals surface area contributed by atoms with Gasteiger partial charge in [-0.15, -0.1) is 0 Å². The zero-order valence-corrected chi connectivity index (χ0v) is 19.2. The summed E-state index contributed by atoms with van der Waals surface area (Å²) in [7, 11) is 3.31. The first-order chi connectivity index (χ1) is 16.1. The van der Waals surface area contributed by atoms with Gasteiger partial charge < -0.3 is 18.9 Å². The summed E-state index contributed by atoms with van der Waals surface area (Å²) in [5, 5.41) is 8.82. The summed E-state index contributed by atoms with van der Waals surface area (Å²) in [6.07, 6.45) is 0.899. The predicted octanol–water partition coefficient (Wildman–Crippen LogP) is 5.54. The highest BCUT2D eigenvalue weighted by Crippen LogP contribution is 2.41. The summed E-state index contributed by atoms with van der Waals surface area (Å²) in [4.78, 5) is 0. The second-order valence-corrected chi connectivity index (χ2v) is 7.55. The van der Waals surface area contributed by atoms with Crippen LogP contribution in [0, 0.1) is 18.3 Å². The normalized spacial score (nSPS) is 12.1. The van der Waals surface area contributed by atoms with E-state index in [1.54, 1.807) is 14.2 Å². The second kappa shape index (κ2) is 12.1. The van der Waals surface area contributed by atoms with Crippen molar-refractivity contribution in [3.63, 3.8) is 0 Å². The Labute approximate surface area is 196 Å². The Hall–Kier alpha value is -3.33. The van der Waals surface area contributed by atoms with Gasteiger partial charge >= 0.3 is 0 Å². The molecule has 0 spiro atoms. The van der Waals surface area contributed by atoms with Gasteiger partial charge in [0.25, 0.3) is 0 Å². The van der Waals surface area contributed by atoms with Crippen molar-refractivity contribution in [2.75, 3.05) is 27.4 Å². The molecule has 5 nitrogen and oxygen atoms in total. The van der Waals surface area contributed by atoms with E-state index in [1.807, 2.05) is 72.8 Å². The van der Waals surface area contributed by atoms with Crippen LogP contribution in [0.15, 0.2) is 78.9 Å². The summed E-state index contributed by atoms with van der Waals surface area (Å²) >= 11 is 0. The van der Waals surface area contributed by atoms with Crippen LogP contribution >= 0.6 is 0 Å². The zero-order chi connectivity index (χ0) is 23.5. The van der Waals surface area contributed by atoms with Crippen molar-refractivity contribution >= 4 is 0 Å². The molecular weight excluding hydrogens is 414 g/mol. The summed E-state index contributed by atoms with van der Waals surface area (Å²) < 4.78 is 22.9. The predicted molar refractivity (Wildman–Crippen MR) is 128 cm³/mol. The molecule has 0 heterocycles. The lowest BCUT2D eigenvalue weighted by Gasteiger charge is -2.36. The average molecular weight is 445 g/mol. The maximum absolute atomic E-state index is 8.82. The van der Waals surface area contributed by atoms with E-state index in [0.717, 1.165) is 41.0 Å². The van der Waals surface area contributed by atoms with E-state index in [2.05, 4.69) is 19.1 Å². The minimum absolute atomic E-state index is 0.467. The molecule has 1 unspecified atom stereocenters. The van der Waals surface area contributed by atoms with Crippen LogP contribution in [0.25, 0.3) is 0 Å². The molecule has 171 valence electrons. The molecular formula is C28H30NO4. The lowest BCUT2D eigenvalue weighted by atomic mass is 9.80. The molecule has 0 saturated heterocycles. The van der Waals surface area contributed by atoms with Gasteiger partial charge in [-0.1, -0.05) is 54.6 Å². The summed E-state index contributed by atoms with van der Waals surface area (Å²) in [6, 6.07) is 28.1. The number of rotatable bonds is 12. The summed E-state index contributed by atoms with van der Waals surface area (Å²) in [5.41, 5.74) is 2.21. The Bertz CT molecular complexity index is 963.